The number of fused-ring (bicyclic) bond motifs is 1. The summed E-state index contributed by atoms with van der Waals surface area (Å²) in [5.74, 6) is -0.00235. The van der Waals surface area contributed by atoms with Gasteiger partial charge >= 0.3 is 0 Å². The number of hydrogen-bond acceptors (Lipinski definition) is 4. The molecule has 7 heteroatoms. The van der Waals surface area contributed by atoms with E-state index in [1.165, 1.54) is 0 Å². The van der Waals surface area contributed by atoms with Gasteiger partial charge in [-0.1, -0.05) is 6.07 Å². The van der Waals surface area contributed by atoms with E-state index >= 15 is 0 Å². The number of carbonyl (C=O) groups is 1. The van der Waals surface area contributed by atoms with Crippen LogP contribution in [-0.2, 0) is 10.0 Å². The van der Waals surface area contributed by atoms with Crippen LogP contribution in [0.1, 0.15) is 23.3 Å². The molecule has 0 unspecified atom stereocenters. The number of nitrogens with zero attached hydrogens (tertiary/aromatic N) is 2. The van der Waals surface area contributed by atoms with Crippen molar-refractivity contribution in [3.8, 4) is 0 Å². The summed E-state index contributed by atoms with van der Waals surface area (Å²) >= 11 is 0. The van der Waals surface area contributed by atoms with Crippen molar-refractivity contribution in [3.63, 3.8) is 0 Å². The van der Waals surface area contributed by atoms with Crippen molar-refractivity contribution in [1.82, 2.24) is 14.6 Å². The van der Waals surface area contributed by atoms with Crippen LogP contribution in [0.5, 0.6) is 0 Å². The van der Waals surface area contributed by atoms with Crippen LogP contribution in [0, 0.1) is 5.92 Å². The van der Waals surface area contributed by atoms with Gasteiger partial charge in [0, 0.05) is 25.8 Å². The largest absolute Gasteiger partial charge is 0.337 e. The molecule has 0 radical (unpaired) electrons. The second-order valence-electron chi connectivity index (χ2n) is 5.28. The van der Waals surface area contributed by atoms with E-state index < -0.39 is 10.0 Å². The summed E-state index contributed by atoms with van der Waals surface area (Å²) in [5.41, 5.74) is 0.417. The van der Waals surface area contributed by atoms with Crippen LogP contribution in [-0.4, -0.2) is 49.1 Å². The first-order chi connectivity index (χ1) is 9.58. The number of rotatable bonds is 1. The lowest BCUT2D eigenvalue weighted by atomic mass is 10.0. The standard InChI is InChI=1S/C13H17N3O3S/c17-13(11-3-1-2-6-14-11)16-7-4-10-9-15-20(18,19)12(10)5-8-16/h1-3,6,10,12,15H,4-5,7-9H2/t10-,12-/m1/s1. The van der Waals surface area contributed by atoms with Crippen LogP contribution in [0.3, 0.4) is 0 Å². The minimum Gasteiger partial charge on any atom is -0.337 e. The Kier molecular flexibility index (Phi) is 3.47. The molecule has 0 bridgehead atoms. The molecule has 2 saturated heterocycles. The zero-order valence-electron chi connectivity index (χ0n) is 11.0. The smallest absolute Gasteiger partial charge is 0.272 e. The summed E-state index contributed by atoms with van der Waals surface area (Å²) in [6, 6.07) is 5.23. The summed E-state index contributed by atoms with van der Waals surface area (Å²) in [7, 11) is -3.19. The summed E-state index contributed by atoms with van der Waals surface area (Å²) in [5, 5.41) is -0.357. The van der Waals surface area contributed by atoms with Crippen molar-refractivity contribution >= 4 is 15.9 Å². The first kappa shape index (κ1) is 13.5. The highest BCUT2D eigenvalue weighted by Crippen LogP contribution is 2.28. The lowest BCUT2D eigenvalue weighted by molar-refractivity contribution is 0.0754. The second-order valence-corrected chi connectivity index (χ2v) is 7.26. The van der Waals surface area contributed by atoms with Crippen molar-refractivity contribution in [2.45, 2.75) is 18.1 Å². The number of pyridine rings is 1. The number of sulfonamides is 1. The molecule has 0 aromatic carbocycles. The van der Waals surface area contributed by atoms with Crippen LogP contribution in [0.15, 0.2) is 24.4 Å². The molecule has 1 amide bonds. The SMILES string of the molecule is O=C(c1ccccn1)N1CC[C@@H]2CNS(=O)(=O)[C@@H]2CC1. The van der Waals surface area contributed by atoms with Gasteiger partial charge in [0.15, 0.2) is 0 Å². The summed E-state index contributed by atoms with van der Waals surface area (Å²) in [4.78, 5) is 18.1. The molecule has 1 aromatic heterocycles. The molecule has 3 rings (SSSR count). The van der Waals surface area contributed by atoms with Crippen molar-refractivity contribution < 1.29 is 13.2 Å². The molecule has 6 nitrogen and oxygen atoms in total. The molecule has 0 aliphatic carbocycles. The van der Waals surface area contributed by atoms with E-state index in [4.69, 9.17) is 0 Å². The maximum atomic E-state index is 12.3. The predicted molar refractivity (Wildman–Crippen MR) is 73.6 cm³/mol. The molecule has 1 N–H and O–H groups in total. The number of hydrogen-bond donors (Lipinski definition) is 1. The van der Waals surface area contributed by atoms with Gasteiger partial charge in [-0.2, -0.15) is 0 Å². The molecule has 1 aromatic rings. The van der Waals surface area contributed by atoms with Gasteiger partial charge in [-0.05, 0) is 30.9 Å². The van der Waals surface area contributed by atoms with Gasteiger partial charge in [-0.15, -0.1) is 0 Å². The highest BCUT2D eigenvalue weighted by molar-refractivity contribution is 7.90. The van der Waals surface area contributed by atoms with Crippen LogP contribution >= 0.6 is 0 Å². The summed E-state index contributed by atoms with van der Waals surface area (Å²) in [6.45, 7) is 1.56. The quantitative estimate of drug-likeness (QED) is 0.804. The van der Waals surface area contributed by atoms with Gasteiger partial charge in [-0.25, -0.2) is 13.1 Å². The van der Waals surface area contributed by atoms with Gasteiger partial charge in [0.25, 0.3) is 5.91 Å². The fourth-order valence-corrected chi connectivity index (χ4v) is 4.78. The molecule has 2 atom stereocenters. The Hall–Kier alpha value is -1.47. The van der Waals surface area contributed by atoms with Crippen LogP contribution in [0.2, 0.25) is 0 Å². The molecule has 2 fully saturated rings. The van der Waals surface area contributed by atoms with E-state index in [2.05, 4.69) is 9.71 Å². The first-order valence-electron chi connectivity index (χ1n) is 6.77. The van der Waals surface area contributed by atoms with Crippen molar-refractivity contribution in [2.75, 3.05) is 19.6 Å². The highest BCUT2D eigenvalue weighted by Gasteiger charge is 2.41. The van der Waals surface area contributed by atoms with Gasteiger partial charge < -0.3 is 4.90 Å². The number of nitrogens with one attached hydrogen (secondary N) is 1. The minimum absolute atomic E-state index is 0.113. The van der Waals surface area contributed by atoms with Crippen molar-refractivity contribution in [2.24, 2.45) is 5.92 Å². The Balaban J connectivity index is 1.74. The summed E-state index contributed by atoms with van der Waals surface area (Å²) in [6.07, 6.45) is 2.81. The zero-order chi connectivity index (χ0) is 14.2. The Morgan fingerprint density at radius 3 is 2.85 bits per heavy atom. The maximum absolute atomic E-state index is 12.3. The molecule has 0 spiro atoms. The van der Waals surface area contributed by atoms with E-state index in [9.17, 15) is 13.2 Å². The molecule has 2 aliphatic heterocycles. The zero-order valence-corrected chi connectivity index (χ0v) is 11.8. The minimum atomic E-state index is -3.19. The average molecular weight is 295 g/mol. The molecule has 3 heterocycles. The molecule has 108 valence electrons. The monoisotopic (exact) mass is 295 g/mol. The van der Waals surface area contributed by atoms with E-state index in [0.29, 0.717) is 31.7 Å². The average Bonchev–Trinajstić information content (AvgIpc) is 2.65. The van der Waals surface area contributed by atoms with Crippen LogP contribution in [0.25, 0.3) is 0 Å². The third-order valence-electron chi connectivity index (χ3n) is 4.10. The second kappa shape index (κ2) is 5.14. The lowest BCUT2D eigenvalue weighted by Gasteiger charge is -2.20. The molecule has 0 saturated carbocycles. The Morgan fingerprint density at radius 2 is 2.10 bits per heavy atom. The van der Waals surface area contributed by atoms with Crippen molar-refractivity contribution in [3.05, 3.63) is 30.1 Å². The fraction of sp³-hybridized carbons (Fsp3) is 0.538. The van der Waals surface area contributed by atoms with Gasteiger partial charge in [0.05, 0.1) is 5.25 Å². The topological polar surface area (TPSA) is 79.4 Å². The predicted octanol–water partition coefficient (Wildman–Crippen LogP) is 0.235. The third kappa shape index (κ3) is 2.43. The van der Waals surface area contributed by atoms with Crippen LogP contribution < -0.4 is 4.72 Å². The Morgan fingerprint density at radius 1 is 1.30 bits per heavy atom. The molecular weight excluding hydrogens is 278 g/mol. The van der Waals surface area contributed by atoms with E-state index in [1.807, 2.05) is 0 Å². The van der Waals surface area contributed by atoms with Gasteiger partial charge in [0.2, 0.25) is 10.0 Å². The van der Waals surface area contributed by atoms with Gasteiger partial charge in [-0.3, -0.25) is 9.78 Å². The molecule has 20 heavy (non-hydrogen) atoms. The number of aromatic nitrogens is 1. The number of carbonyl (C=O) groups excluding carboxylic acids is 1. The van der Waals surface area contributed by atoms with Crippen LogP contribution in [0.4, 0.5) is 0 Å². The van der Waals surface area contributed by atoms with E-state index in [1.54, 1.807) is 29.3 Å². The Bertz CT molecular complexity index is 603. The fourth-order valence-electron chi connectivity index (χ4n) is 2.96. The normalized spacial score (nSPS) is 28.7. The number of likely N-dealkylation sites (tertiary alicyclic amines) is 1. The molecular formula is C13H17N3O3S. The highest BCUT2D eigenvalue weighted by atomic mass is 32.2. The van der Waals surface area contributed by atoms with E-state index in [0.717, 1.165) is 6.42 Å². The first-order valence-corrected chi connectivity index (χ1v) is 8.31. The third-order valence-corrected chi connectivity index (χ3v) is 6.08. The van der Waals surface area contributed by atoms with Gasteiger partial charge in [0.1, 0.15) is 5.69 Å². The summed E-state index contributed by atoms with van der Waals surface area (Å²) < 4.78 is 26.3. The Labute approximate surface area is 118 Å². The maximum Gasteiger partial charge on any atom is 0.272 e. The number of amides is 1. The molecule has 2 aliphatic rings. The van der Waals surface area contributed by atoms with E-state index in [-0.39, 0.29) is 17.1 Å². The lowest BCUT2D eigenvalue weighted by Crippen LogP contribution is -2.34. The van der Waals surface area contributed by atoms with Crippen molar-refractivity contribution in [1.29, 1.82) is 0 Å².